The summed E-state index contributed by atoms with van der Waals surface area (Å²) in [6.07, 6.45) is 15.3. The lowest BCUT2D eigenvalue weighted by atomic mass is 10.1. The first-order chi connectivity index (χ1) is 7.27. The lowest BCUT2D eigenvalue weighted by Gasteiger charge is -1.97. The summed E-state index contributed by atoms with van der Waals surface area (Å²) in [5.41, 5.74) is 0. The number of hydrogen-bond acceptors (Lipinski definition) is 1. The molecule has 0 amide bonds. The van der Waals surface area contributed by atoms with Crippen LogP contribution in [0.25, 0.3) is 0 Å². The van der Waals surface area contributed by atoms with E-state index in [1.54, 1.807) is 6.92 Å². The van der Waals surface area contributed by atoms with Gasteiger partial charge in [-0.05, 0) is 26.2 Å². The Hall–Kier alpha value is -0.590. The number of allylic oxidation sites excluding steroid dienone is 2. The van der Waals surface area contributed by atoms with Crippen molar-refractivity contribution in [2.24, 2.45) is 0 Å². The van der Waals surface area contributed by atoms with Gasteiger partial charge < -0.3 is 4.79 Å². The molecule has 0 bridgehead atoms. The second-order valence-corrected chi connectivity index (χ2v) is 4.27. The van der Waals surface area contributed by atoms with Crippen LogP contribution >= 0.6 is 0 Å². The van der Waals surface area contributed by atoms with Gasteiger partial charge in [-0.2, -0.15) is 0 Å². The second kappa shape index (κ2) is 11.5. The quantitative estimate of drug-likeness (QED) is 0.378. The van der Waals surface area contributed by atoms with E-state index < -0.39 is 0 Å². The molecule has 0 aromatic heterocycles. The van der Waals surface area contributed by atoms with E-state index in [2.05, 4.69) is 19.1 Å². The van der Waals surface area contributed by atoms with E-state index in [0.717, 1.165) is 6.42 Å². The Morgan fingerprint density at radius 2 is 1.53 bits per heavy atom. The highest BCUT2D eigenvalue weighted by atomic mass is 16.1. The molecule has 0 heterocycles. The third-order valence-electron chi connectivity index (χ3n) is 2.55. The molecular formula is C14H26O. The molecule has 0 aliphatic heterocycles. The first-order valence-corrected chi connectivity index (χ1v) is 6.41. The molecule has 0 aromatic rings. The van der Waals surface area contributed by atoms with Crippen molar-refractivity contribution in [3.05, 3.63) is 12.2 Å². The molecule has 0 saturated carbocycles. The smallest absolute Gasteiger partial charge is 0.130 e. The fraction of sp³-hybridized carbons (Fsp3) is 0.786. The maximum atomic E-state index is 10.6. The Bertz CT molecular complexity index is 170. The second-order valence-electron chi connectivity index (χ2n) is 4.27. The van der Waals surface area contributed by atoms with Gasteiger partial charge in [0, 0.05) is 6.42 Å². The molecule has 0 fully saturated rings. The molecule has 0 aliphatic carbocycles. The minimum Gasteiger partial charge on any atom is -0.300 e. The van der Waals surface area contributed by atoms with E-state index >= 15 is 0 Å². The highest BCUT2D eigenvalue weighted by molar-refractivity contribution is 5.75. The van der Waals surface area contributed by atoms with E-state index in [1.165, 1.54) is 44.9 Å². The Morgan fingerprint density at radius 3 is 2.20 bits per heavy atom. The molecule has 88 valence electrons. The monoisotopic (exact) mass is 210 g/mol. The zero-order valence-corrected chi connectivity index (χ0v) is 10.4. The van der Waals surface area contributed by atoms with Crippen molar-refractivity contribution in [3.63, 3.8) is 0 Å². The van der Waals surface area contributed by atoms with Crippen LogP contribution in [0, 0.1) is 0 Å². The predicted octanol–water partition coefficient (Wildman–Crippen LogP) is 4.66. The van der Waals surface area contributed by atoms with Crippen molar-refractivity contribution in [3.8, 4) is 0 Å². The molecule has 0 aromatic carbocycles. The SMILES string of the molecule is CCCCCCCC/C=C\CCC(C)=O. The number of Topliss-reactive ketones (excluding diaryl/α,β-unsaturated/α-hetero) is 1. The van der Waals surface area contributed by atoms with Gasteiger partial charge in [0.1, 0.15) is 5.78 Å². The minimum absolute atomic E-state index is 0.291. The largest absolute Gasteiger partial charge is 0.300 e. The average Bonchev–Trinajstić information content (AvgIpc) is 2.20. The lowest BCUT2D eigenvalue weighted by molar-refractivity contribution is -0.116. The van der Waals surface area contributed by atoms with Gasteiger partial charge in [-0.25, -0.2) is 0 Å². The summed E-state index contributed by atoms with van der Waals surface area (Å²) in [5, 5.41) is 0. The lowest BCUT2D eigenvalue weighted by Crippen LogP contribution is -1.86. The van der Waals surface area contributed by atoms with Crippen molar-refractivity contribution in [1.29, 1.82) is 0 Å². The number of ketones is 1. The number of carbonyl (C=O) groups is 1. The molecular weight excluding hydrogens is 184 g/mol. The van der Waals surface area contributed by atoms with Crippen molar-refractivity contribution in [2.75, 3.05) is 0 Å². The first kappa shape index (κ1) is 14.4. The number of rotatable bonds is 10. The molecule has 0 radical (unpaired) electrons. The molecule has 0 rings (SSSR count). The number of hydrogen-bond donors (Lipinski definition) is 0. The standard InChI is InChI=1S/C14H26O/c1-3-4-5-6-7-8-9-10-11-12-13-14(2)15/h10-11H,3-9,12-13H2,1-2H3/b11-10-. The zero-order valence-electron chi connectivity index (χ0n) is 10.4. The number of unbranched alkanes of at least 4 members (excludes halogenated alkanes) is 6. The summed E-state index contributed by atoms with van der Waals surface area (Å²) in [6.45, 7) is 3.90. The highest BCUT2D eigenvalue weighted by Crippen LogP contribution is 2.07. The molecule has 0 spiro atoms. The molecule has 0 atom stereocenters. The summed E-state index contributed by atoms with van der Waals surface area (Å²) in [4.78, 5) is 10.6. The zero-order chi connectivity index (χ0) is 11.4. The summed E-state index contributed by atoms with van der Waals surface area (Å²) in [7, 11) is 0. The van der Waals surface area contributed by atoms with Gasteiger partial charge in [-0.15, -0.1) is 0 Å². The Morgan fingerprint density at radius 1 is 0.933 bits per heavy atom. The molecule has 0 N–H and O–H groups in total. The van der Waals surface area contributed by atoms with Gasteiger partial charge in [0.05, 0.1) is 0 Å². The van der Waals surface area contributed by atoms with Crippen LogP contribution in [0.5, 0.6) is 0 Å². The third-order valence-corrected chi connectivity index (χ3v) is 2.55. The first-order valence-electron chi connectivity index (χ1n) is 6.41. The van der Waals surface area contributed by atoms with Crippen molar-refractivity contribution in [1.82, 2.24) is 0 Å². The van der Waals surface area contributed by atoms with Crippen LogP contribution in [0.2, 0.25) is 0 Å². The van der Waals surface area contributed by atoms with Crippen molar-refractivity contribution < 1.29 is 4.79 Å². The molecule has 1 nitrogen and oxygen atoms in total. The van der Waals surface area contributed by atoms with E-state index in [9.17, 15) is 4.79 Å². The Kier molecular flexibility index (Phi) is 11.0. The van der Waals surface area contributed by atoms with Crippen LogP contribution in [0.15, 0.2) is 12.2 Å². The fourth-order valence-electron chi connectivity index (χ4n) is 1.56. The van der Waals surface area contributed by atoms with Gasteiger partial charge in [0.15, 0.2) is 0 Å². The molecule has 15 heavy (non-hydrogen) atoms. The molecule has 0 aliphatic rings. The predicted molar refractivity (Wildman–Crippen MR) is 67.0 cm³/mol. The van der Waals surface area contributed by atoms with Crippen LogP contribution in [0.1, 0.15) is 71.6 Å². The van der Waals surface area contributed by atoms with Crippen LogP contribution in [-0.2, 0) is 4.79 Å². The Labute approximate surface area is 95.0 Å². The van der Waals surface area contributed by atoms with Gasteiger partial charge in [-0.3, -0.25) is 0 Å². The fourth-order valence-corrected chi connectivity index (χ4v) is 1.56. The summed E-state index contributed by atoms with van der Waals surface area (Å²) >= 11 is 0. The van der Waals surface area contributed by atoms with Crippen LogP contribution in [-0.4, -0.2) is 5.78 Å². The molecule has 1 heteroatoms. The van der Waals surface area contributed by atoms with Crippen LogP contribution in [0.4, 0.5) is 0 Å². The van der Waals surface area contributed by atoms with Crippen molar-refractivity contribution in [2.45, 2.75) is 71.6 Å². The molecule has 0 unspecified atom stereocenters. The van der Waals surface area contributed by atoms with Gasteiger partial charge in [0.25, 0.3) is 0 Å². The normalized spacial score (nSPS) is 11.1. The third kappa shape index (κ3) is 13.4. The van der Waals surface area contributed by atoms with Gasteiger partial charge in [-0.1, -0.05) is 51.2 Å². The van der Waals surface area contributed by atoms with Crippen LogP contribution in [0.3, 0.4) is 0 Å². The summed E-state index contributed by atoms with van der Waals surface area (Å²) in [6, 6.07) is 0. The van der Waals surface area contributed by atoms with E-state index in [1.807, 2.05) is 0 Å². The van der Waals surface area contributed by atoms with E-state index in [0.29, 0.717) is 12.2 Å². The van der Waals surface area contributed by atoms with Gasteiger partial charge >= 0.3 is 0 Å². The van der Waals surface area contributed by atoms with E-state index in [4.69, 9.17) is 0 Å². The maximum absolute atomic E-state index is 10.6. The van der Waals surface area contributed by atoms with Crippen molar-refractivity contribution >= 4 is 5.78 Å². The summed E-state index contributed by atoms with van der Waals surface area (Å²) < 4.78 is 0. The topological polar surface area (TPSA) is 17.1 Å². The minimum atomic E-state index is 0.291. The van der Waals surface area contributed by atoms with Gasteiger partial charge in [0.2, 0.25) is 0 Å². The number of carbonyl (C=O) groups excluding carboxylic acids is 1. The summed E-state index contributed by atoms with van der Waals surface area (Å²) in [5.74, 6) is 0.291. The molecule has 0 saturated heterocycles. The maximum Gasteiger partial charge on any atom is 0.130 e. The Balaban J connectivity index is 3.06. The van der Waals surface area contributed by atoms with E-state index in [-0.39, 0.29) is 0 Å². The van der Waals surface area contributed by atoms with Crippen LogP contribution < -0.4 is 0 Å². The highest BCUT2D eigenvalue weighted by Gasteiger charge is 1.89. The average molecular weight is 210 g/mol.